The molecule has 0 bridgehead atoms. The first-order chi connectivity index (χ1) is 16.3. The third kappa shape index (κ3) is 3.54. The first kappa shape index (κ1) is 22.4. The van der Waals surface area contributed by atoms with Crippen molar-refractivity contribution in [3.63, 3.8) is 0 Å². The predicted molar refractivity (Wildman–Crippen MR) is 126 cm³/mol. The van der Waals surface area contributed by atoms with Crippen LogP contribution in [-0.4, -0.2) is 53.2 Å². The van der Waals surface area contributed by atoms with Gasteiger partial charge in [-0.25, -0.2) is 4.79 Å². The van der Waals surface area contributed by atoms with Crippen molar-refractivity contribution >= 4 is 18.0 Å². The van der Waals surface area contributed by atoms with Crippen molar-refractivity contribution in [2.45, 2.75) is 44.6 Å². The van der Waals surface area contributed by atoms with E-state index in [1.807, 2.05) is 38.1 Å². The summed E-state index contributed by atoms with van der Waals surface area (Å²) in [4.78, 5) is 39.5. The Morgan fingerprint density at radius 3 is 2.12 bits per heavy atom. The lowest BCUT2D eigenvalue weighted by Gasteiger charge is -2.30. The van der Waals surface area contributed by atoms with Crippen molar-refractivity contribution in [1.29, 1.82) is 0 Å². The number of rotatable bonds is 6. The Bertz CT molecular complexity index is 1110. The van der Waals surface area contributed by atoms with Crippen LogP contribution in [0, 0.1) is 11.3 Å². The fourth-order valence-corrected chi connectivity index (χ4v) is 5.55. The Kier molecular flexibility index (Phi) is 5.38. The second kappa shape index (κ2) is 8.15. The molecule has 7 nitrogen and oxygen atoms in total. The normalized spacial score (nSPS) is 22.3. The summed E-state index contributed by atoms with van der Waals surface area (Å²) >= 11 is 0. The largest absolute Gasteiger partial charge is 0.481 e. The lowest BCUT2D eigenvalue weighted by atomic mass is 9.76. The van der Waals surface area contributed by atoms with Gasteiger partial charge >= 0.3 is 12.1 Å². The number of carbonyl (C=O) groups is 3. The summed E-state index contributed by atoms with van der Waals surface area (Å²) in [5.41, 5.74) is 2.65. The molecule has 1 saturated heterocycles. The number of carboxylic acids is 1. The van der Waals surface area contributed by atoms with E-state index in [0.717, 1.165) is 22.3 Å². The van der Waals surface area contributed by atoms with Gasteiger partial charge in [-0.1, -0.05) is 62.4 Å². The predicted octanol–water partition coefficient (Wildman–Crippen LogP) is 4.02. The van der Waals surface area contributed by atoms with Gasteiger partial charge in [-0.2, -0.15) is 0 Å². The standard InChI is InChI=1S/C27H30N2O5/c1-17(2)26(24(31)32)13-14-29(16-26)23(30)27(11-12-27)28-25(33)34-15-22-20-9-5-3-7-18(20)19-8-4-6-10-21(19)22/h3-10,17,22H,11-16H2,1-2H3,(H,28,33)(H,31,32). The fourth-order valence-electron chi connectivity index (χ4n) is 5.55. The highest BCUT2D eigenvalue weighted by atomic mass is 16.5. The van der Waals surface area contributed by atoms with Crippen LogP contribution >= 0.6 is 0 Å². The van der Waals surface area contributed by atoms with Gasteiger partial charge in [-0.3, -0.25) is 9.59 Å². The summed E-state index contributed by atoms with van der Waals surface area (Å²) in [6.07, 6.45) is 0.884. The monoisotopic (exact) mass is 462 g/mol. The van der Waals surface area contributed by atoms with E-state index in [-0.39, 0.29) is 30.9 Å². The number of likely N-dealkylation sites (tertiary alicyclic amines) is 1. The highest BCUT2D eigenvalue weighted by Crippen LogP contribution is 2.45. The van der Waals surface area contributed by atoms with Gasteiger partial charge < -0.3 is 20.1 Å². The molecule has 178 valence electrons. The number of benzene rings is 2. The maximum Gasteiger partial charge on any atom is 0.408 e. The second-order valence-electron chi connectivity index (χ2n) is 10.1. The van der Waals surface area contributed by atoms with Crippen LogP contribution in [0.15, 0.2) is 48.5 Å². The summed E-state index contributed by atoms with van der Waals surface area (Å²) in [6, 6.07) is 16.3. The first-order valence-electron chi connectivity index (χ1n) is 11.9. The van der Waals surface area contributed by atoms with Crippen LogP contribution in [0.3, 0.4) is 0 Å². The van der Waals surface area contributed by atoms with Gasteiger partial charge in [-0.15, -0.1) is 0 Å². The average Bonchev–Trinajstić information content (AvgIpc) is 3.33. The summed E-state index contributed by atoms with van der Waals surface area (Å²) < 4.78 is 5.63. The molecule has 0 aromatic heterocycles. The molecule has 2 fully saturated rings. The van der Waals surface area contributed by atoms with Gasteiger partial charge in [0.25, 0.3) is 0 Å². The molecule has 5 rings (SSSR count). The minimum absolute atomic E-state index is 0.0511. The highest BCUT2D eigenvalue weighted by Gasteiger charge is 2.57. The van der Waals surface area contributed by atoms with Gasteiger partial charge in [-0.05, 0) is 47.4 Å². The molecule has 1 atom stereocenters. The topological polar surface area (TPSA) is 95.9 Å². The van der Waals surface area contributed by atoms with Crippen molar-refractivity contribution in [2.75, 3.05) is 19.7 Å². The first-order valence-corrected chi connectivity index (χ1v) is 11.9. The SMILES string of the molecule is CC(C)C1(C(=O)O)CCN(C(=O)C2(NC(=O)OCC3c4ccccc4-c4ccccc43)CC2)C1. The summed E-state index contributed by atoms with van der Waals surface area (Å²) in [5, 5.41) is 12.6. The van der Waals surface area contributed by atoms with Gasteiger partial charge in [0.15, 0.2) is 0 Å². The van der Waals surface area contributed by atoms with Crippen molar-refractivity contribution in [2.24, 2.45) is 11.3 Å². The summed E-state index contributed by atoms with van der Waals surface area (Å²) in [7, 11) is 0. The molecule has 1 unspecified atom stereocenters. The zero-order valence-corrected chi connectivity index (χ0v) is 19.5. The van der Waals surface area contributed by atoms with Crippen LogP contribution in [0.1, 0.15) is 50.2 Å². The van der Waals surface area contributed by atoms with E-state index in [2.05, 4.69) is 29.6 Å². The number of alkyl carbamates (subject to hydrolysis) is 1. The van der Waals surface area contributed by atoms with E-state index in [1.54, 1.807) is 4.90 Å². The Balaban J connectivity index is 1.24. The molecule has 34 heavy (non-hydrogen) atoms. The molecule has 2 aromatic rings. The molecule has 2 amide bonds. The van der Waals surface area contributed by atoms with Crippen molar-refractivity contribution in [3.05, 3.63) is 59.7 Å². The van der Waals surface area contributed by atoms with Crippen molar-refractivity contribution in [1.82, 2.24) is 10.2 Å². The maximum absolute atomic E-state index is 13.2. The summed E-state index contributed by atoms with van der Waals surface area (Å²) in [5.74, 6) is -1.21. The van der Waals surface area contributed by atoms with E-state index < -0.39 is 23.0 Å². The number of carbonyl (C=O) groups excluding carboxylic acids is 2. The van der Waals surface area contributed by atoms with Gasteiger partial charge in [0, 0.05) is 19.0 Å². The number of nitrogens with zero attached hydrogens (tertiary/aromatic N) is 1. The zero-order valence-electron chi connectivity index (χ0n) is 19.5. The minimum Gasteiger partial charge on any atom is -0.481 e. The number of nitrogens with one attached hydrogen (secondary N) is 1. The maximum atomic E-state index is 13.2. The Labute approximate surface area is 199 Å². The van der Waals surface area contributed by atoms with Gasteiger partial charge in [0.05, 0.1) is 5.41 Å². The quantitative estimate of drug-likeness (QED) is 0.676. The van der Waals surface area contributed by atoms with Gasteiger partial charge in [0.2, 0.25) is 5.91 Å². The van der Waals surface area contributed by atoms with E-state index in [4.69, 9.17) is 4.74 Å². The molecule has 3 aliphatic rings. The number of carboxylic acid groups (broad SMARTS) is 1. The number of aliphatic carboxylic acids is 1. The van der Waals surface area contributed by atoms with E-state index in [0.29, 0.717) is 25.8 Å². The van der Waals surface area contributed by atoms with E-state index in [1.165, 1.54) is 0 Å². The molecule has 1 saturated carbocycles. The molecule has 1 aliphatic heterocycles. The number of amides is 2. The molecule has 2 aromatic carbocycles. The molecular formula is C27H30N2O5. The van der Waals surface area contributed by atoms with Gasteiger partial charge in [0.1, 0.15) is 12.1 Å². The van der Waals surface area contributed by atoms with Crippen molar-refractivity contribution in [3.8, 4) is 11.1 Å². The average molecular weight is 463 g/mol. The molecular weight excluding hydrogens is 432 g/mol. The third-order valence-corrected chi connectivity index (χ3v) is 7.96. The van der Waals surface area contributed by atoms with Crippen LogP contribution in [0.2, 0.25) is 0 Å². The lowest BCUT2D eigenvalue weighted by Crippen LogP contribution is -2.51. The third-order valence-electron chi connectivity index (χ3n) is 7.96. The number of hydrogen-bond donors (Lipinski definition) is 2. The summed E-state index contributed by atoms with van der Waals surface area (Å²) in [6.45, 7) is 4.50. The Morgan fingerprint density at radius 2 is 1.62 bits per heavy atom. The number of hydrogen-bond acceptors (Lipinski definition) is 4. The molecule has 1 heterocycles. The number of ether oxygens (including phenoxy) is 1. The van der Waals surface area contributed by atoms with E-state index >= 15 is 0 Å². The zero-order chi connectivity index (χ0) is 24.1. The smallest absolute Gasteiger partial charge is 0.408 e. The highest BCUT2D eigenvalue weighted by molar-refractivity contribution is 5.93. The molecule has 2 aliphatic carbocycles. The van der Waals surface area contributed by atoms with Crippen molar-refractivity contribution < 1.29 is 24.2 Å². The minimum atomic E-state index is -0.978. The second-order valence-corrected chi connectivity index (χ2v) is 10.1. The number of fused-ring (bicyclic) bond motifs is 3. The molecule has 0 spiro atoms. The van der Waals surface area contributed by atoms with Crippen LogP contribution in [-0.2, 0) is 14.3 Å². The fraction of sp³-hybridized carbons (Fsp3) is 0.444. The van der Waals surface area contributed by atoms with E-state index in [9.17, 15) is 19.5 Å². The molecule has 0 radical (unpaired) electrons. The Morgan fingerprint density at radius 1 is 1.03 bits per heavy atom. The van der Waals surface area contributed by atoms with Crippen LogP contribution in [0.25, 0.3) is 11.1 Å². The molecule has 2 N–H and O–H groups in total. The van der Waals surface area contributed by atoms with Crippen LogP contribution in [0.5, 0.6) is 0 Å². The lowest BCUT2D eigenvalue weighted by molar-refractivity contribution is -0.151. The van der Waals surface area contributed by atoms with Crippen LogP contribution in [0.4, 0.5) is 4.79 Å². The molecule has 7 heteroatoms. The Hall–Kier alpha value is -3.35. The van der Waals surface area contributed by atoms with Crippen LogP contribution < -0.4 is 5.32 Å².